The van der Waals surface area contributed by atoms with Crippen molar-refractivity contribution in [1.29, 1.82) is 0 Å². The third-order valence-electron chi connectivity index (χ3n) is 5.70. The van der Waals surface area contributed by atoms with Gasteiger partial charge < -0.3 is 15.5 Å². The number of amides is 3. The Bertz CT molecular complexity index is 825. The number of rotatable bonds is 5. The number of benzene rings is 1. The molecule has 1 aromatic rings. The molecule has 3 aliphatic heterocycles. The van der Waals surface area contributed by atoms with Gasteiger partial charge in [0.05, 0.1) is 0 Å². The summed E-state index contributed by atoms with van der Waals surface area (Å²) in [6.07, 6.45) is 5.19. The van der Waals surface area contributed by atoms with Crippen molar-refractivity contribution < 1.29 is 14.4 Å². The summed E-state index contributed by atoms with van der Waals surface area (Å²) in [6.45, 7) is 4.13. The summed E-state index contributed by atoms with van der Waals surface area (Å²) in [5.41, 5.74) is 4.24. The van der Waals surface area contributed by atoms with Crippen LogP contribution in [0.3, 0.4) is 0 Å². The molecule has 148 valence electrons. The SMILES string of the molecule is O=C1CCC(N2Cc3cc(CNCC=C4CCNCC4)ccc3C2=O)C(=O)N1. The molecule has 3 aliphatic rings. The number of carbonyl (C=O) groups is 3. The van der Waals surface area contributed by atoms with Gasteiger partial charge in [0.1, 0.15) is 6.04 Å². The maximum atomic E-state index is 12.7. The number of fused-ring (bicyclic) bond motifs is 1. The lowest BCUT2D eigenvalue weighted by Gasteiger charge is -2.29. The molecule has 4 rings (SSSR count). The van der Waals surface area contributed by atoms with Crippen LogP contribution >= 0.6 is 0 Å². The van der Waals surface area contributed by atoms with Gasteiger partial charge in [-0.25, -0.2) is 0 Å². The molecule has 3 heterocycles. The van der Waals surface area contributed by atoms with Crippen LogP contribution in [-0.4, -0.2) is 48.3 Å². The molecule has 0 saturated carbocycles. The minimum Gasteiger partial charge on any atom is -0.322 e. The van der Waals surface area contributed by atoms with Crippen LogP contribution in [0.2, 0.25) is 0 Å². The first-order valence-corrected chi connectivity index (χ1v) is 9.97. The van der Waals surface area contributed by atoms with Crippen molar-refractivity contribution in [2.24, 2.45) is 0 Å². The summed E-state index contributed by atoms with van der Waals surface area (Å²) >= 11 is 0. The molecule has 0 aromatic heterocycles. The zero-order valence-corrected chi connectivity index (χ0v) is 15.9. The summed E-state index contributed by atoms with van der Waals surface area (Å²) in [6, 6.07) is 5.31. The van der Waals surface area contributed by atoms with Crippen LogP contribution in [0.25, 0.3) is 0 Å². The van der Waals surface area contributed by atoms with E-state index in [-0.39, 0.29) is 24.1 Å². The molecule has 0 bridgehead atoms. The Kier molecular flexibility index (Phi) is 5.54. The number of hydrogen-bond donors (Lipinski definition) is 3. The molecule has 0 spiro atoms. The highest BCUT2D eigenvalue weighted by Crippen LogP contribution is 2.28. The second-order valence-corrected chi connectivity index (χ2v) is 7.63. The Hall–Kier alpha value is -2.51. The molecule has 1 aromatic carbocycles. The van der Waals surface area contributed by atoms with Crippen molar-refractivity contribution in [3.05, 3.63) is 46.5 Å². The molecule has 1 atom stereocenters. The molecule has 3 N–H and O–H groups in total. The van der Waals surface area contributed by atoms with Gasteiger partial charge in [0.25, 0.3) is 5.91 Å². The maximum absolute atomic E-state index is 12.7. The first kappa shape index (κ1) is 18.8. The fourth-order valence-electron chi connectivity index (χ4n) is 4.12. The Morgan fingerprint density at radius 1 is 1.14 bits per heavy atom. The van der Waals surface area contributed by atoms with Crippen LogP contribution in [0.5, 0.6) is 0 Å². The van der Waals surface area contributed by atoms with Crippen LogP contribution in [0.15, 0.2) is 29.8 Å². The van der Waals surface area contributed by atoms with Crippen LogP contribution < -0.4 is 16.0 Å². The summed E-state index contributed by atoms with van der Waals surface area (Å²) < 4.78 is 0. The third kappa shape index (κ3) is 4.00. The van der Waals surface area contributed by atoms with Crippen molar-refractivity contribution in [3.8, 4) is 0 Å². The highest BCUT2D eigenvalue weighted by Gasteiger charge is 2.38. The zero-order valence-electron chi connectivity index (χ0n) is 15.9. The largest absolute Gasteiger partial charge is 0.322 e. The molecule has 0 radical (unpaired) electrons. The van der Waals surface area contributed by atoms with E-state index in [0.29, 0.717) is 18.5 Å². The Labute approximate surface area is 164 Å². The summed E-state index contributed by atoms with van der Waals surface area (Å²) in [4.78, 5) is 37.8. The highest BCUT2D eigenvalue weighted by atomic mass is 16.2. The summed E-state index contributed by atoms with van der Waals surface area (Å²) in [5, 5.41) is 9.13. The van der Waals surface area contributed by atoms with Crippen LogP contribution in [-0.2, 0) is 22.7 Å². The van der Waals surface area contributed by atoms with E-state index in [9.17, 15) is 14.4 Å². The van der Waals surface area contributed by atoms with Gasteiger partial charge in [-0.1, -0.05) is 23.8 Å². The van der Waals surface area contributed by atoms with Crippen molar-refractivity contribution in [2.45, 2.75) is 44.8 Å². The van der Waals surface area contributed by atoms with Gasteiger partial charge in [-0.2, -0.15) is 0 Å². The Balaban J connectivity index is 1.35. The lowest BCUT2D eigenvalue weighted by molar-refractivity contribution is -0.136. The second kappa shape index (κ2) is 8.24. The minimum absolute atomic E-state index is 0.125. The number of piperidine rings is 2. The zero-order chi connectivity index (χ0) is 19.5. The van der Waals surface area contributed by atoms with Crippen molar-refractivity contribution in [1.82, 2.24) is 20.9 Å². The van der Waals surface area contributed by atoms with Crippen LogP contribution in [0.1, 0.15) is 47.2 Å². The maximum Gasteiger partial charge on any atom is 0.255 e. The first-order chi connectivity index (χ1) is 13.6. The summed E-state index contributed by atoms with van der Waals surface area (Å²) in [5.74, 6) is -0.761. The van der Waals surface area contributed by atoms with E-state index in [2.05, 4.69) is 22.0 Å². The smallest absolute Gasteiger partial charge is 0.255 e. The molecule has 3 amide bonds. The van der Waals surface area contributed by atoms with Crippen LogP contribution in [0.4, 0.5) is 0 Å². The molecule has 2 fully saturated rings. The molecule has 7 heteroatoms. The van der Waals surface area contributed by atoms with Gasteiger partial charge in [-0.05, 0) is 49.5 Å². The van der Waals surface area contributed by atoms with E-state index in [1.54, 1.807) is 4.90 Å². The van der Waals surface area contributed by atoms with E-state index < -0.39 is 6.04 Å². The number of imide groups is 1. The standard InChI is InChI=1S/C21H26N4O3/c26-19-4-3-18(20(27)24-19)25-13-16-11-15(1-2-17(16)21(25)28)12-23-10-7-14-5-8-22-9-6-14/h1-2,7,11,18,22-23H,3-6,8-10,12-13H2,(H,24,26,27). The molecule has 1 unspecified atom stereocenters. The Morgan fingerprint density at radius 3 is 2.75 bits per heavy atom. The van der Waals surface area contributed by atoms with Gasteiger partial charge in [0.15, 0.2) is 0 Å². The number of hydrogen-bond acceptors (Lipinski definition) is 5. The quantitative estimate of drug-likeness (QED) is 0.399. The number of nitrogens with zero attached hydrogens (tertiary/aromatic N) is 1. The molecular formula is C21H26N4O3. The average molecular weight is 382 g/mol. The van der Waals surface area contributed by atoms with Gasteiger partial charge in [0.2, 0.25) is 11.8 Å². The van der Waals surface area contributed by atoms with Gasteiger partial charge in [-0.3, -0.25) is 19.7 Å². The molecule has 0 aliphatic carbocycles. The topological polar surface area (TPSA) is 90.5 Å². The normalized spacial score (nSPS) is 22.3. The molecule has 28 heavy (non-hydrogen) atoms. The van der Waals surface area contributed by atoms with Crippen LogP contribution in [0, 0.1) is 0 Å². The fourth-order valence-corrected chi connectivity index (χ4v) is 4.12. The third-order valence-corrected chi connectivity index (χ3v) is 5.70. The highest BCUT2D eigenvalue weighted by molar-refractivity contribution is 6.05. The van der Waals surface area contributed by atoms with E-state index in [0.717, 1.165) is 50.1 Å². The fraction of sp³-hybridized carbons (Fsp3) is 0.476. The van der Waals surface area contributed by atoms with Crippen molar-refractivity contribution in [2.75, 3.05) is 19.6 Å². The summed E-state index contributed by atoms with van der Waals surface area (Å²) in [7, 11) is 0. The van der Waals surface area contributed by atoms with Gasteiger partial charge >= 0.3 is 0 Å². The monoisotopic (exact) mass is 382 g/mol. The Morgan fingerprint density at radius 2 is 1.96 bits per heavy atom. The van der Waals surface area contributed by atoms with Gasteiger partial charge in [0, 0.05) is 31.6 Å². The van der Waals surface area contributed by atoms with E-state index in [1.807, 2.05) is 18.2 Å². The lowest BCUT2D eigenvalue weighted by atomic mass is 10.0. The second-order valence-electron chi connectivity index (χ2n) is 7.63. The number of carbonyl (C=O) groups excluding carboxylic acids is 3. The number of nitrogens with one attached hydrogen (secondary N) is 3. The van der Waals surface area contributed by atoms with Gasteiger partial charge in [-0.15, -0.1) is 0 Å². The molecule has 2 saturated heterocycles. The lowest BCUT2D eigenvalue weighted by Crippen LogP contribution is -2.52. The minimum atomic E-state index is -0.559. The van der Waals surface area contributed by atoms with E-state index in [4.69, 9.17) is 0 Å². The van der Waals surface area contributed by atoms with Crippen molar-refractivity contribution >= 4 is 17.7 Å². The predicted molar refractivity (Wildman–Crippen MR) is 104 cm³/mol. The molecule has 7 nitrogen and oxygen atoms in total. The predicted octanol–water partition coefficient (Wildman–Crippen LogP) is 0.847. The molecular weight excluding hydrogens is 356 g/mol. The van der Waals surface area contributed by atoms with E-state index >= 15 is 0 Å². The average Bonchev–Trinajstić information content (AvgIpc) is 3.02. The first-order valence-electron chi connectivity index (χ1n) is 9.97. The van der Waals surface area contributed by atoms with E-state index in [1.165, 1.54) is 5.57 Å². The van der Waals surface area contributed by atoms with Crippen molar-refractivity contribution in [3.63, 3.8) is 0 Å².